The highest BCUT2D eigenvalue weighted by Gasteiger charge is 2.11. The average molecular weight is 326 g/mol. The normalized spacial score (nSPS) is 10.1. The molecule has 2 aromatic carbocycles. The Balaban J connectivity index is 2.00. The van der Waals surface area contributed by atoms with Gasteiger partial charge in [-0.15, -0.1) is 0 Å². The Morgan fingerprint density at radius 1 is 0.917 bits per heavy atom. The highest BCUT2D eigenvalue weighted by molar-refractivity contribution is 5.52. The lowest BCUT2D eigenvalue weighted by molar-refractivity contribution is 0.397. The summed E-state index contributed by atoms with van der Waals surface area (Å²) in [6.45, 7) is 1.49. The number of nitrogens with zero attached hydrogens (tertiary/aromatic N) is 1. The van der Waals surface area contributed by atoms with Gasteiger partial charge in [-0.25, -0.2) is 0 Å². The summed E-state index contributed by atoms with van der Waals surface area (Å²) in [5, 5.41) is 12.5. The number of hydrogen-bond acceptors (Lipinski definition) is 5. The first-order valence-corrected chi connectivity index (χ1v) is 7.71. The van der Waals surface area contributed by atoms with Gasteiger partial charge in [-0.1, -0.05) is 18.2 Å². The molecule has 2 aromatic rings. The van der Waals surface area contributed by atoms with Crippen molar-refractivity contribution in [2.75, 3.05) is 27.9 Å². The lowest BCUT2D eigenvalue weighted by Crippen LogP contribution is -2.17. The quantitative estimate of drug-likeness (QED) is 0.756. The molecule has 0 unspecified atom stereocenters. The number of rotatable bonds is 8. The fourth-order valence-electron chi connectivity index (χ4n) is 2.54. The Morgan fingerprint density at radius 3 is 2.29 bits per heavy atom. The smallest absolute Gasteiger partial charge is 0.137 e. The summed E-state index contributed by atoms with van der Waals surface area (Å²) in [6, 6.07) is 13.6. The first-order valence-electron chi connectivity index (χ1n) is 7.71. The molecule has 0 aliphatic rings. The highest BCUT2D eigenvalue weighted by Crippen LogP contribution is 2.28. The predicted molar refractivity (Wildman–Crippen MR) is 92.7 cm³/mol. The van der Waals surface area contributed by atoms with Crippen LogP contribution in [0.25, 0.3) is 0 Å². The van der Waals surface area contributed by atoms with Crippen LogP contribution in [0.1, 0.15) is 16.7 Å². The molecule has 0 aliphatic carbocycles. The molecule has 5 heteroatoms. The maximum atomic E-state index is 9.14. The van der Waals surface area contributed by atoms with Crippen LogP contribution in [0.15, 0.2) is 36.4 Å². The van der Waals surface area contributed by atoms with Crippen LogP contribution in [0.4, 0.5) is 0 Å². The molecule has 126 valence electrons. The lowest BCUT2D eigenvalue weighted by atomic mass is 10.1. The maximum absolute atomic E-state index is 9.14. The van der Waals surface area contributed by atoms with Crippen LogP contribution < -0.4 is 19.5 Å². The van der Waals surface area contributed by atoms with Gasteiger partial charge in [-0.3, -0.25) is 0 Å². The van der Waals surface area contributed by atoms with Crippen molar-refractivity contribution in [3.8, 4) is 23.3 Å². The van der Waals surface area contributed by atoms with Crippen molar-refractivity contribution in [3.05, 3.63) is 53.1 Å². The van der Waals surface area contributed by atoms with Gasteiger partial charge in [0.2, 0.25) is 0 Å². The van der Waals surface area contributed by atoms with E-state index in [0.29, 0.717) is 17.1 Å². The van der Waals surface area contributed by atoms with Crippen molar-refractivity contribution in [1.29, 1.82) is 5.26 Å². The van der Waals surface area contributed by atoms with E-state index in [1.54, 1.807) is 27.4 Å². The summed E-state index contributed by atoms with van der Waals surface area (Å²) in [5.74, 6) is 2.15. The van der Waals surface area contributed by atoms with E-state index in [2.05, 4.69) is 11.4 Å². The SMILES string of the molecule is COc1cc(CCNCc2ccccc2OC)c(OC)cc1C#N. The number of hydrogen-bond donors (Lipinski definition) is 1. The Hall–Kier alpha value is -2.71. The van der Waals surface area contributed by atoms with Gasteiger partial charge < -0.3 is 19.5 Å². The number of benzene rings is 2. The third-order valence-electron chi connectivity index (χ3n) is 3.80. The Labute approximate surface area is 142 Å². The fraction of sp³-hybridized carbons (Fsp3) is 0.316. The topological polar surface area (TPSA) is 63.5 Å². The minimum absolute atomic E-state index is 0.472. The average Bonchev–Trinajstić information content (AvgIpc) is 2.64. The van der Waals surface area contributed by atoms with Gasteiger partial charge in [0.05, 0.1) is 26.9 Å². The van der Waals surface area contributed by atoms with Gasteiger partial charge in [0.25, 0.3) is 0 Å². The van der Waals surface area contributed by atoms with Crippen LogP contribution in [0.2, 0.25) is 0 Å². The van der Waals surface area contributed by atoms with Crippen LogP contribution >= 0.6 is 0 Å². The zero-order valence-corrected chi connectivity index (χ0v) is 14.3. The first-order chi connectivity index (χ1) is 11.7. The molecule has 0 saturated heterocycles. The standard InChI is InChI=1S/C19H22N2O3/c1-22-17-7-5-4-6-15(17)13-21-9-8-14-10-19(24-3)16(12-20)11-18(14)23-2/h4-7,10-11,21H,8-9,13H2,1-3H3. The minimum Gasteiger partial charge on any atom is -0.496 e. The molecule has 0 fully saturated rings. The van der Waals surface area contributed by atoms with Crippen LogP contribution in [-0.4, -0.2) is 27.9 Å². The third kappa shape index (κ3) is 4.18. The van der Waals surface area contributed by atoms with Crippen molar-refractivity contribution in [3.63, 3.8) is 0 Å². The number of methoxy groups -OCH3 is 3. The zero-order chi connectivity index (χ0) is 17.4. The van der Waals surface area contributed by atoms with E-state index < -0.39 is 0 Å². The number of nitrogens with one attached hydrogen (secondary N) is 1. The van der Waals surface area contributed by atoms with Crippen molar-refractivity contribution < 1.29 is 14.2 Å². The Kier molecular flexibility index (Phi) is 6.47. The van der Waals surface area contributed by atoms with Crippen LogP contribution in [-0.2, 0) is 13.0 Å². The molecule has 0 bridgehead atoms. The van der Waals surface area contributed by atoms with Crippen LogP contribution in [0.3, 0.4) is 0 Å². The molecular formula is C19H22N2O3. The van der Waals surface area contributed by atoms with Gasteiger partial charge in [0, 0.05) is 18.2 Å². The van der Waals surface area contributed by atoms with Gasteiger partial charge in [-0.05, 0) is 30.7 Å². The molecule has 1 N–H and O–H groups in total. The second-order valence-corrected chi connectivity index (χ2v) is 5.21. The molecule has 0 saturated carbocycles. The van der Waals surface area contributed by atoms with Crippen LogP contribution in [0.5, 0.6) is 17.2 Å². The highest BCUT2D eigenvalue weighted by atomic mass is 16.5. The van der Waals surface area contributed by atoms with E-state index in [-0.39, 0.29) is 0 Å². The number of nitriles is 1. The van der Waals surface area contributed by atoms with Crippen LogP contribution in [0, 0.1) is 11.3 Å². The first kappa shape index (κ1) is 17.6. The zero-order valence-electron chi connectivity index (χ0n) is 14.3. The van der Waals surface area contributed by atoms with Crippen molar-refractivity contribution in [2.45, 2.75) is 13.0 Å². The summed E-state index contributed by atoms with van der Waals surface area (Å²) in [5.41, 5.74) is 2.59. The van der Waals surface area contributed by atoms with Crippen molar-refractivity contribution in [1.82, 2.24) is 5.32 Å². The van der Waals surface area contributed by atoms with Crippen molar-refractivity contribution >= 4 is 0 Å². The minimum atomic E-state index is 0.472. The van der Waals surface area contributed by atoms with Gasteiger partial charge >= 0.3 is 0 Å². The largest absolute Gasteiger partial charge is 0.496 e. The number of ether oxygens (including phenoxy) is 3. The Morgan fingerprint density at radius 2 is 1.62 bits per heavy atom. The molecule has 0 amide bonds. The third-order valence-corrected chi connectivity index (χ3v) is 3.80. The van der Waals surface area contributed by atoms with Crippen molar-refractivity contribution in [2.24, 2.45) is 0 Å². The fourth-order valence-corrected chi connectivity index (χ4v) is 2.54. The molecule has 0 heterocycles. The van der Waals surface area contributed by atoms with Gasteiger partial charge in [-0.2, -0.15) is 5.26 Å². The van der Waals surface area contributed by atoms with E-state index in [9.17, 15) is 0 Å². The summed E-state index contributed by atoms with van der Waals surface area (Å²) < 4.78 is 16.0. The van der Waals surface area contributed by atoms with E-state index in [0.717, 1.165) is 36.4 Å². The van der Waals surface area contributed by atoms with Gasteiger partial charge in [0.15, 0.2) is 0 Å². The monoisotopic (exact) mass is 326 g/mol. The van der Waals surface area contributed by atoms with E-state index in [4.69, 9.17) is 19.5 Å². The summed E-state index contributed by atoms with van der Waals surface area (Å²) in [7, 11) is 4.84. The molecule has 0 radical (unpaired) electrons. The maximum Gasteiger partial charge on any atom is 0.137 e. The molecular weight excluding hydrogens is 304 g/mol. The molecule has 0 aliphatic heterocycles. The second kappa shape index (κ2) is 8.80. The molecule has 0 spiro atoms. The molecule has 0 atom stereocenters. The Bertz CT molecular complexity index is 723. The molecule has 5 nitrogen and oxygen atoms in total. The molecule has 0 aromatic heterocycles. The number of para-hydroxylation sites is 1. The van der Waals surface area contributed by atoms with Gasteiger partial charge in [0.1, 0.15) is 23.3 Å². The lowest BCUT2D eigenvalue weighted by Gasteiger charge is -2.13. The molecule has 2 rings (SSSR count). The summed E-state index contributed by atoms with van der Waals surface area (Å²) >= 11 is 0. The summed E-state index contributed by atoms with van der Waals surface area (Å²) in [6.07, 6.45) is 0.764. The van der Waals surface area contributed by atoms with E-state index in [1.807, 2.05) is 30.3 Å². The molecule has 24 heavy (non-hydrogen) atoms. The second-order valence-electron chi connectivity index (χ2n) is 5.21. The van der Waals surface area contributed by atoms with E-state index >= 15 is 0 Å². The predicted octanol–water partition coefficient (Wildman–Crippen LogP) is 2.92. The summed E-state index contributed by atoms with van der Waals surface area (Å²) in [4.78, 5) is 0. The van der Waals surface area contributed by atoms with E-state index in [1.165, 1.54) is 0 Å².